The van der Waals surface area contributed by atoms with Crippen LogP contribution in [0.4, 0.5) is 0 Å². The third-order valence-corrected chi connectivity index (χ3v) is 2.57. The van der Waals surface area contributed by atoms with Gasteiger partial charge in [0.2, 0.25) is 3.79 Å². The van der Waals surface area contributed by atoms with Crippen molar-refractivity contribution in [3.63, 3.8) is 0 Å². The molecule has 0 heterocycles. The maximum Gasteiger partial charge on any atom is 0.221 e. The summed E-state index contributed by atoms with van der Waals surface area (Å²) in [4.78, 5) is 0. The summed E-state index contributed by atoms with van der Waals surface area (Å²) >= 11 is 1.59. The lowest BCUT2D eigenvalue weighted by molar-refractivity contribution is -0.131. The predicted octanol–water partition coefficient (Wildman–Crippen LogP) is 1.11. The second-order valence-corrected chi connectivity index (χ2v) is 4.34. The number of alkyl halides is 1. The van der Waals surface area contributed by atoms with E-state index >= 15 is 0 Å². The Morgan fingerprint density at radius 1 is 1.12 bits per heavy atom. The van der Waals surface area contributed by atoms with Crippen LogP contribution in [0, 0.1) is 5.41 Å². The van der Waals surface area contributed by atoms with Crippen molar-refractivity contribution < 1.29 is 10.2 Å². The molecule has 2 nitrogen and oxygen atoms in total. The van der Waals surface area contributed by atoms with Crippen molar-refractivity contribution in [2.45, 2.75) is 24.6 Å². The van der Waals surface area contributed by atoms with Gasteiger partial charge in [-0.15, -0.1) is 0 Å². The Kier molecular flexibility index (Phi) is 2.29. The summed E-state index contributed by atoms with van der Waals surface area (Å²) in [5, 5.41) is 17.8. The fourth-order valence-electron chi connectivity index (χ4n) is 0. The zero-order valence-electron chi connectivity index (χ0n) is 5.27. The molecule has 0 rings (SSSR count). The molecule has 2 N–H and O–H groups in total. The van der Waals surface area contributed by atoms with Crippen molar-refractivity contribution >= 4 is 22.6 Å². The molecule has 0 fully saturated rings. The van der Waals surface area contributed by atoms with E-state index < -0.39 is 9.21 Å². The summed E-state index contributed by atoms with van der Waals surface area (Å²) in [6.45, 7) is 5.29. The van der Waals surface area contributed by atoms with Crippen molar-refractivity contribution in [2.24, 2.45) is 5.41 Å². The van der Waals surface area contributed by atoms with Gasteiger partial charge in [0, 0.05) is 5.41 Å². The molecule has 50 valence electrons. The third kappa shape index (κ3) is 2.28. The van der Waals surface area contributed by atoms with Gasteiger partial charge in [0.15, 0.2) is 0 Å². The first-order valence-electron chi connectivity index (χ1n) is 2.39. The molecular formula is C5H11IO2. The minimum Gasteiger partial charge on any atom is -0.357 e. The molecule has 0 aliphatic rings. The Labute approximate surface area is 63.0 Å². The van der Waals surface area contributed by atoms with Crippen LogP contribution >= 0.6 is 22.6 Å². The molecule has 0 aliphatic heterocycles. The van der Waals surface area contributed by atoms with Gasteiger partial charge in [-0.05, 0) is 22.6 Å². The van der Waals surface area contributed by atoms with Crippen molar-refractivity contribution in [2.75, 3.05) is 0 Å². The maximum absolute atomic E-state index is 8.90. The lowest BCUT2D eigenvalue weighted by atomic mass is 9.96. The van der Waals surface area contributed by atoms with Crippen LogP contribution < -0.4 is 0 Å². The van der Waals surface area contributed by atoms with Gasteiger partial charge in [-0.1, -0.05) is 20.8 Å². The zero-order chi connectivity index (χ0) is 7.00. The molecule has 0 aromatic heterocycles. The Bertz CT molecular complexity index is 65.4. The van der Waals surface area contributed by atoms with Crippen LogP contribution in [0.1, 0.15) is 20.8 Å². The van der Waals surface area contributed by atoms with E-state index in [1.165, 1.54) is 0 Å². The maximum atomic E-state index is 8.90. The number of hydrogen-bond donors (Lipinski definition) is 2. The molecule has 0 aromatic rings. The molecule has 0 unspecified atom stereocenters. The molecule has 0 spiro atoms. The Morgan fingerprint density at radius 3 is 1.25 bits per heavy atom. The minimum atomic E-state index is -1.59. The summed E-state index contributed by atoms with van der Waals surface area (Å²) < 4.78 is -1.59. The molecule has 8 heavy (non-hydrogen) atoms. The van der Waals surface area contributed by atoms with Crippen molar-refractivity contribution in [3.8, 4) is 0 Å². The third-order valence-electron chi connectivity index (χ3n) is 0.954. The van der Waals surface area contributed by atoms with E-state index in [1.54, 1.807) is 43.4 Å². The molecule has 0 saturated carbocycles. The van der Waals surface area contributed by atoms with Gasteiger partial charge in [-0.25, -0.2) is 0 Å². The summed E-state index contributed by atoms with van der Waals surface area (Å²) in [5.74, 6) is 0. The van der Waals surface area contributed by atoms with E-state index in [0.717, 1.165) is 0 Å². The Hall–Kier alpha value is 0.650. The first kappa shape index (κ1) is 8.65. The SMILES string of the molecule is CC(C)(C)C(O)(O)I. The molecule has 0 atom stereocenters. The van der Waals surface area contributed by atoms with Gasteiger partial charge in [0.05, 0.1) is 0 Å². The normalized spacial score (nSPS) is 14.2. The smallest absolute Gasteiger partial charge is 0.221 e. The molecular weight excluding hydrogens is 219 g/mol. The highest BCUT2D eigenvalue weighted by Gasteiger charge is 2.34. The molecule has 0 aromatic carbocycles. The molecule has 0 radical (unpaired) electrons. The molecule has 0 aliphatic carbocycles. The number of hydrogen-bond acceptors (Lipinski definition) is 2. The molecule has 0 bridgehead atoms. The van der Waals surface area contributed by atoms with Gasteiger partial charge in [0.25, 0.3) is 0 Å². The van der Waals surface area contributed by atoms with Gasteiger partial charge in [-0.3, -0.25) is 0 Å². The summed E-state index contributed by atoms with van der Waals surface area (Å²) in [7, 11) is 0. The van der Waals surface area contributed by atoms with Crippen LogP contribution in [0.25, 0.3) is 0 Å². The van der Waals surface area contributed by atoms with Crippen molar-refractivity contribution in [1.29, 1.82) is 0 Å². The first-order valence-corrected chi connectivity index (χ1v) is 3.46. The van der Waals surface area contributed by atoms with Crippen LogP contribution in [0.15, 0.2) is 0 Å². The van der Waals surface area contributed by atoms with E-state index in [0.29, 0.717) is 0 Å². The zero-order valence-corrected chi connectivity index (χ0v) is 7.43. The van der Waals surface area contributed by atoms with E-state index in [2.05, 4.69) is 0 Å². The standard InChI is InChI=1S/C5H11IO2/c1-4(2,3)5(6,7)8/h7-8H,1-3H3. The average molecular weight is 230 g/mol. The van der Waals surface area contributed by atoms with Gasteiger partial charge >= 0.3 is 0 Å². The van der Waals surface area contributed by atoms with Crippen LogP contribution in [0.3, 0.4) is 0 Å². The van der Waals surface area contributed by atoms with Crippen LogP contribution in [-0.4, -0.2) is 14.0 Å². The van der Waals surface area contributed by atoms with Crippen LogP contribution in [-0.2, 0) is 0 Å². The fraction of sp³-hybridized carbons (Fsp3) is 1.00. The molecule has 3 heteroatoms. The highest BCUT2D eigenvalue weighted by molar-refractivity contribution is 14.1. The van der Waals surface area contributed by atoms with E-state index in [4.69, 9.17) is 10.2 Å². The number of aliphatic hydroxyl groups is 2. The number of rotatable bonds is 0. The second kappa shape index (κ2) is 2.11. The van der Waals surface area contributed by atoms with Gasteiger partial charge in [0.1, 0.15) is 0 Å². The van der Waals surface area contributed by atoms with E-state index in [1.807, 2.05) is 0 Å². The highest BCUT2D eigenvalue weighted by Crippen LogP contribution is 2.32. The van der Waals surface area contributed by atoms with Crippen LogP contribution in [0.2, 0.25) is 0 Å². The predicted molar refractivity (Wildman–Crippen MR) is 40.6 cm³/mol. The van der Waals surface area contributed by atoms with Gasteiger partial charge in [-0.2, -0.15) is 0 Å². The quantitative estimate of drug-likeness (QED) is 0.371. The topological polar surface area (TPSA) is 40.5 Å². The lowest BCUT2D eigenvalue weighted by Crippen LogP contribution is -2.35. The second-order valence-electron chi connectivity index (χ2n) is 2.84. The van der Waals surface area contributed by atoms with E-state index in [9.17, 15) is 0 Å². The Morgan fingerprint density at radius 2 is 1.25 bits per heavy atom. The van der Waals surface area contributed by atoms with Gasteiger partial charge < -0.3 is 10.2 Å². The fourth-order valence-corrected chi connectivity index (χ4v) is 0. The first-order chi connectivity index (χ1) is 3.25. The highest BCUT2D eigenvalue weighted by atomic mass is 127. The summed E-state index contributed by atoms with van der Waals surface area (Å²) in [6.07, 6.45) is 0. The van der Waals surface area contributed by atoms with Crippen LogP contribution in [0.5, 0.6) is 0 Å². The largest absolute Gasteiger partial charge is 0.357 e. The summed E-state index contributed by atoms with van der Waals surface area (Å²) in [5.41, 5.74) is -0.465. The van der Waals surface area contributed by atoms with E-state index in [-0.39, 0.29) is 0 Å². The molecule has 0 amide bonds. The minimum absolute atomic E-state index is 0.465. The molecule has 0 saturated heterocycles. The Balaban J connectivity index is 4.02. The number of halogens is 1. The van der Waals surface area contributed by atoms with Crippen molar-refractivity contribution in [1.82, 2.24) is 0 Å². The summed E-state index contributed by atoms with van der Waals surface area (Å²) in [6, 6.07) is 0. The lowest BCUT2D eigenvalue weighted by Gasteiger charge is -2.29. The monoisotopic (exact) mass is 230 g/mol. The van der Waals surface area contributed by atoms with Crippen molar-refractivity contribution in [3.05, 3.63) is 0 Å². The average Bonchev–Trinajstić information content (AvgIpc) is 1.25.